The number of nitrogens with zero attached hydrogens (tertiary/aromatic N) is 15. The minimum atomic E-state index is -5.81. The number of nitrogens with two attached hydrogens (primary N) is 5. The first-order valence-corrected chi connectivity index (χ1v) is 44.3. The van der Waals surface area contributed by atoms with Gasteiger partial charge in [-0.3, -0.25) is 122 Å². The summed E-state index contributed by atoms with van der Waals surface area (Å²) in [5.41, 5.74) is 21.6. The monoisotopic (exact) mass is 1860 g/mol. The van der Waals surface area contributed by atoms with Crippen molar-refractivity contribution in [3.63, 3.8) is 0 Å². The van der Waals surface area contributed by atoms with E-state index in [1.165, 1.54) is 17.8 Å². The first-order valence-electron chi connectivity index (χ1n) is 36.9. The number of hydrogen-bond donors (Lipinski definition) is 18. The normalized spacial score (nSPS) is 29.6. The van der Waals surface area contributed by atoms with Gasteiger partial charge in [-0.05, 0) is 13.0 Å². The predicted molar refractivity (Wildman–Crippen MR) is 408 cm³/mol. The minimum absolute atomic E-state index is 0.0243. The fourth-order valence-corrected chi connectivity index (χ4v) is 19.5. The van der Waals surface area contributed by atoms with Gasteiger partial charge in [-0.1, -0.05) is 0 Å². The summed E-state index contributed by atoms with van der Waals surface area (Å²) < 4.78 is 168. The molecule has 61 nitrogen and oxygen atoms in total. The van der Waals surface area contributed by atoms with E-state index in [4.69, 9.17) is 102 Å². The lowest BCUT2D eigenvalue weighted by molar-refractivity contribution is -0.0652. The fourth-order valence-electron chi connectivity index (χ4n) is 14.7. The van der Waals surface area contributed by atoms with Gasteiger partial charge in [-0.2, -0.15) is 24.9 Å². The van der Waals surface area contributed by atoms with E-state index in [-0.39, 0.29) is 86.7 Å². The Hall–Kier alpha value is -9.85. The van der Waals surface area contributed by atoms with Gasteiger partial charge in [-0.15, -0.1) is 0 Å². The average molecular weight is 1860 g/mol. The standard InChI is InChI=1S/C59H74N25O36P5/c1-20-9-80(59(94)78-48(20)88)34-5-22(26(10-85)110-34)116-122(97,98)106-12-28-23(6-35(112-28)82-17-66-39-45(82)71-55(62)75-50(39)90)118-123(99,100)107-13-29-24(7-36(113-29)83-18-67-40-46(83)72-56(63)76-51(40)91)119-124(101,102)109-15-31-43(42(87)53(115-31)79-3-2-32(60)69-58(79)93)120-125(103,104)108-14-30-25(8-37(114-30)84-19-68-41-47(84)73-57(64)77-52(41)92)117-121(95,96)105-11-27-21(86)4-33(111-27)81-16-65-38-44(81)70-54(61)74-49(38)89/h2-3,9,16-19,21-31,33-37,42-43,53,85-87H,4-8,10-15H2,1H3,(H,95,96)(H,97,98)(H,99,100)(H,101,102)(H,103,104)(H2,60,69,93)(H,78,88,94)(H3,61,70,74,89)(H3,62,71,75,90)(H3,63,72,76,91)(H3,64,73,77,92)/t21-,22-,23-,24-,25-,26+,27+,28+,29+,30+,31+,33+,34+,35+,36+,37+,42+,43+,53+/m0/s1. The quantitative estimate of drug-likeness (QED) is 0.0176. The van der Waals surface area contributed by atoms with Crippen molar-refractivity contribution in [2.75, 3.05) is 68.3 Å². The molecule has 66 heteroatoms. The maximum Gasteiger partial charge on any atom is 0.472 e. The second kappa shape index (κ2) is 34.4. The number of fused-ring (bicyclic) bond motifs is 4. The number of aromatic nitrogens is 20. The molecule has 0 radical (unpaired) electrons. The summed E-state index contributed by atoms with van der Waals surface area (Å²) in [6.45, 7) is -4.99. The largest absolute Gasteiger partial charge is 0.472 e. The zero-order valence-electron chi connectivity index (χ0n) is 63.6. The number of aliphatic hydroxyl groups is 3. The van der Waals surface area contributed by atoms with Crippen LogP contribution in [0.15, 0.2) is 77.3 Å². The topological polar surface area (TPSA) is 869 Å². The van der Waals surface area contributed by atoms with Crippen LogP contribution in [0.2, 0.25) is 0 Å². The van der Waals surface area contributed by atoms with E-state index in [1.54, 1.807) is 0 Å². The van der Waals surface area contributed by atoms with Gasteiger partial charge in [-0.25, -0.2) is 52.4 Å². The molecule has 0 aromatic carbocycles. The van der Waals surface area contributed by atoms with E-state index in [0.717, 1.165) is 55.7 Å². The lowest BCUT2D eigenvalue weighted by Gasteiger charge is -2.26. The number of aryl methyl sites for hydroxylation is 1. The Labute approximate surface area is 690 Å². The zero-order chi connectivity index (χ0) is 89.0. The summed E-state index contributed by atoms with van der Waals surface area (Å²) in [6.07, 6.45) is -27.2. The van der Waals surface area contributed by atoms with Crippen LogP contribution in [0.25, 0.3) is 44.7 Å². The highest BCUT2D eigenvalue weighted by molar-refractivity contribution is 7.48. The van der Waals surface area contributed by atoms with Crippen LogP contribution in [-0.4, -0.2) is 256 Å². The molecule has 0 spiro atoms. The zero-order valence-corrected chi connectivity index (χ0v) is 68.1. The van der Waals surface area contributed by atoms with Crippen LogP contribution in [-0.2, 0) is 96.5 Å². The number of aliphatic hydroxyl groups excluding tert-OH is 3. The third kappa shape index (κ3) is 18.8. The number of aromatic amines is 5. The van der Waals surface area contributed by atoms with Gasteiger partial charge in [0.15, 0.2) is 50.9 Å². The Morgan fingerprint density at radius 2 is 0.744 bits per heavy atom. The summed E-state index contributed by atoms with van der Waals surface area (Å²) in [5.74, 6) is -1.80. The lowest BCUT2D eigenvalue weighted by atomic mass is 10.1. The maximum absolute atomic E-state index is 14.5. The molecule has 0 amide bonds. The molecule has 0 saturated carbocycles. The molecule has 23 N–H and O–H groups in total. The van der Waals surface area contributed by atoms with Crippen molar-refractivity contribution >= 4 is 113 Å². The van der Waals surface area contributed by atoms with Crippen LogP contribution in [0.1, 0.15) is 75.0 Å². The average Bonchev–Trinajstić information content (AvgIpc) is 1.63. The fraction of sp³-hybridized carbons (Fsp3) is 0.525. The highest BCUT2D eigenvalue weighted by Gasteiger charge is 2.54. The van der Waals surface area contributed by atoms with E-state index in [1.807, 2.05) is 0 Å². The van der Waals surface area contributed by atoms with Crippen molar-refractivity contribution in [3.05, 3.63) is 122 Å². The van der Waals surface area contributed by atoms with Crippen LogP contribution in [0.3, 0.4) is 0 Å². The number of anilines is 5. The van der Waals surface area contributed by atoms with Crippen LogP contribution in [0.4, 0.5) is 29.6 Å². The summed E-state index contributed by atoms with van der Waals surface area (Å²) >= 11 is 0. The van der Waals surface area contributed by atoms with Gasteiger partial charge >= 0.3 is 50.5 Å². The smallest absolute Gasteiger partial charge is 0.394 e. The molecule has 6 aliphatic heterocycles. The molecule has 6 aliphatic rings. The highest BCUT2D eigenvalue weighted by Crippen LogP contribution is 2.57. The van der Waals surface area contributed by atoms with E-state index in [9.17, 15) is 96.2 Å². The van der Waals surface area contributed by atoms with Gasteiger partial charge in [0.1, 0.15) is 110 Å². The van der Waals surface area contributed by atoms with Gasteiger partial charge in [0.25, 0.3) is 27.8 Å². The number of H-pyrrole nitrogens is 5. The molecule has 24 atom stereocenters. The Balaban J connectivity index is 0.617. The third-order valence-electron chi connectivity index (χ3n) is 20.4. The third-order valence-corrected chi connectivity index (χ3v) is 25.4. The second-order valence-electron chi connectivity index (χ2n) is 28.7. The Kier molecular flexibility index (Phi) is 24.4. The number of phosphoric acid groups is 5. The molecule has 0 bridgehead atoms. The summed E-state index contributed by atoms with van der Waals surface area (Å²) in [7, 11) is -28.0. The van der Waals surface area contributed by atoms with E-state index < -0.39 is 260 Å². The predicted octanol–water partition coefficient (Wildman–Crippen LogP) is -4.89. The molecule has 5 unspecified atom stereocenters. The molecule has 16 heterocycles. The molecule has 16 rings (SSSR count). The molecule has 10 aromatic rings. The Morgan fingerprint density at radius 1 is 0.416 bits per heavy atom. The second-order valence-corrected chi connectivity index (χ2v) is 35.7. The molecule has 10 aromatic heterocycles. The highest BCUT2D eigenvalue weighted by atomic mass is 31.2. The number of ether oxygens (including phenoxy) is 6. The van der Waals surface area contributed by atoms with Gasteiger partial charge < -0.3 is 96.9 Å². The van der Waals surface area contributed by atoms with Crippen molar-refractivity contribution < 1.29 is 136 Å². The first kappa shape index (κ1) is 88.6. The van der Waals surface area contributed by atoms with Crippen molar-refractivity contribution in [2.45, 2.75) is 156 Å². The van der Waals surface area contributed by atoms with Crippen LogP contribution in [0, 0.1) is 6.92 Å². The van der Waals surface area contributed by atoms with Gasteiger partial charge in [0, 0.05) is 50.1 Å². The van der Waals surface area contributed by atoms with Crippen molar-refractivity contribution in [3.8, 4) is 0 Å². The van der Waals surface area contributed by atoms with Crippen LogP contribution in [0.5, 0.6) is 0 Å². The van der Waals surface area contributed by atoms with E-state index >= 15 is 0 Å². The number of phosphoric ester groups is 5. The molecule has 676 valence electrons. The Morgan fingerprint density at radius 3 is 1.12 bits per heavy atom. The molecule has 6 saturated heterocycles. The van der Waals surface area contributed by atoms with Crippen molar-refractivity contribution in [1.82, 2.24) is 97.2 Å². The SMILES string of the molecule is Cc1cn([C@H]2C[C@H](OP(=O)(O)OC[C@H]3O[C@@H](n4cnc5c(=O)[nH]c(N)nc54)C[C@@H]3OP(=O)(O)OC[C@H]3O[C@@H](n4cnc5c(=O)[nH]c(N)nc54)C[C@@H]3OP(=O)(O)OC[C@H]3O[C@@H](n4ccc(N)nc4=O)[C@H](O)[C@@H]3OP(=O)(O)OC[C@H]3O[C@@H](n4cnc5c(=O)[nH]c(N)nc54)C[C@@H]3OP(=O)(O)OC[C@H]3O[C@@H](n4cnc5c(=O)[nH]c(N)nc54)C[C@@H]3O)[C@@H](CO)O2)c(=O)[nH]c1=O. The maximum atomic E-state index is 14.5. The van der Waals surface area contributed by atoms with Crippen LogP contribution < -0.4 is 67.8 Å². The number of rotatable bonds is 32. The van der Waals surface area contributed by atoms with Gasteiger partial charge in [0.05, 0.1) is 71.1 Å². The number of nitrogen functional groups attached to an aromatic ring is 5. The molecule has 125 heavy (non-hydrogen) atoms. The van der Waals surface area contributed by atoms with Crippen LogP contribution >= 0.6 is 39.1 Å². The molecule has 6 fully saturated rings. The van der Waals surface area contributed by atoms with Crippen molar-refractivity contribution in [2.24, 2.45) is 0 Å². The number of nitrogens with one attached hydrogen (secondary N) is 5. The number of hydrogen-bond acceptors (Lipinski definition) is 45. The molecular weight excluding hydrogens is 1790 g/mol. The summed E-state index contributed by atoms with van der Waals surface area (Å²) in [5, 5.41) is 33.2. The molecule has 0 aliphatic carbocycles. The lowest BCUT2D eigenvalue weighted by Crippen LogP contribution is -2.38. The van der Waals surface area contributed by atoms with E-state index in [2.05, 4.69) is 69.8 Å². The summed E-state index contributed by atoms with van der Waals surface area (Å²) in [4.78, 5) is 194. The number of imidazole rings is 4. The Bertz CT molecular complexity index is 6510. The van der Waals surface area contributed by atoms with Crippen molar-refractivity contribution in [1.29, 1.82) is 0 Å². The summed E-state index contributed by atoms with van der Waals surface area (Å²) in [6, 6.07) is 1.07. The molecular formula is C59H74N25O36P5. The van der Waals surface area contributed by atoms with E-state index in [0.29, 0.717) is 4.57 Å². The van der Waals surface area contributed by atoms with Gasteiger partial charge in [0.2, 0.25) is 23.8 Å². The first-order chi connectivity index (χ1) is 59.1. The minimum Gasteiger partial charge on any atom is -0.394 e.